The molecule has 0 fully saturated rings. The highest BCUT2D eigenvalue weighted by molar-refractivity contribution is 7.18. The normalized spacial score (nSPS) is 11.1. The number of thiophene rings is 1. The summed E-state index contributed by atoms with van der Waals surface area (Å²) in [5.41, 5.74) is 6.52. The Morgan fingerprint density at radius 1 is 1.24 bits per heavy atom. The largest absolute Gasteiger partial charge is 0.399 e. The van der Waals surface area contributed by atoms with Crippen molar-refractivity contribution in [2.24, 2.45) is 0 Å². The first kappa shape index (κ1) is 13.6. The number of aromatic nitrogens is 2. The van der Waals surface area contributed by atoms with E-state index in [-0.39, 0.29) is 17.8 Å². The molecule has 0 saturated carbocycles. The van der Waals surface area contributed by atoms with E-state index in [1.807, 2.05) is 25.1 Å². The number of hydrogen-bond donors (Lipinski definition) is 2. The lowest BCUT2D eigenvalue weighted by molar-refractivity contribution is 0.713. The minimum atomic E-state index is -0.381. The van der Waals surface area contributed by atoms with Gasteiger partial charge in [0.1, 0.15) is 4.83 Å². The van der Waals surface area contributed by atoms with Crippen LogP contribution in [0.25, 0.3) is 10.2 Å². The number of nitrogen functional groups attached to an aromatic ring is 1. The highest BCUT2D eigenvalue weighted by Gasteiger charge is 2.11. The van der Waals surface area contributed by atoms with Crippen molar-refractivity contribution in [3.63, 3.8) is 0 Å². The molecule has 0 amide bonds. The van der Waals surface area contributed by atoms with Crippen LogP contribution in [0.1, 0.15) is 17.4 Å². The van der Waals surface area contributed by atoms with E-state index < -0.39 is 0 Å². The summed E-state index contributed by atoms with van der Waals surface area (Å²) in [6.45, 7) is 2.26. The molecule has 0 saturated heterocycles. The Morgan fingerprint density at radius 3 is 2.62 bits per heavy atom. The Morgan fingerprint density at radius 2 is 1.95 bits per heavy atom. The minimum absolute atomic E-state index is 0.238. The topological polar surface area (TPSA) is 80.9 Å². The van der Waals surface area contributed by atoms with E-state index in [0.717, 1.165) is 16.9 Å². The Kier molecular flexibility index (Phi) is 3.39. The van der Waals surface area contributed by atoms with Crippen LogP contribution in [0, 0.1) is 0 Å². The molecule has 0 bridgehead atoms. The number of H-pyrrole nitrogens is 1. The predicted octanol–water partition coefficient (Wildman–Crippen LogP) is 1.94. The summed E-state index contributed by atoms with van der Waals surface area (Å²) in [4.78, 5) is 29.1. The molecule has 0 aliphatic carbocycles. The number of fused-ring (bicyclic) bond motifs is 1. The van der Waals surface area contributed by atoms with Gasteiger partial charge < -0.3 is 5.73 Å². The summed E-state index contributed by atoms with van der Waals surface area (Å²) in [5.74, 6) is 0. The van der Waals surface area contributed by atoms with E-state index in [0.29, 0.717) is 15.9 Å². The first-order chi connectivity index (χ1) is 10.1. The minimum Gasteiger partial charge on any atom is -0.399 e. The van der Waals surface area contributed by atoms with Crippen LogP contribution in [0.15, 0.2) is 39.9 Å². The van der Waals surface area contributed by atoms with E-state index in [9.17, 15) is 9.59 Å². The van der Waals surface area contributed by atoms with Crippen molar-refractivity contribution in [3.05, 3.63) is 61.6 Å². The van der Waals surface area contributed by atoms with Gasteiger partial charge in [0.15, 0.2) is 0 Å². The van der Waals surface area contributed by atoms with Gasteiger partial charge in [0.2, 0.25) is 0 Å². The van der Waals surface area contributed by atoms with Crippen molar-refractivity contribution in [2.45, 2.75) is 19.9 Å². The zero-order valence-electron chi connectivity index (χ0n) is 11.6. The fourth-order valence-corrected chi connectivity index (χ4v) is 3.20. The zero-order chi connectivity index (χ0) is 15.0. The van der Waals surface area contributed by atoms with Crippen LogP contribution in [0.5, 0.6) is 0 Å². The summed E-state index contributed by atoms with van der Waals surface area (Å²) in [6.07, 6.45) is 0.846. The quantitative estimate of drug-likeness (QED) is 0.725. The van der Waals surface area contributed by atoms with Gasteiger partial charge in [-0.1, -0.05) is 19.1 Å². The lowest BCUT2D eigenvalue weighted by Crippen LogP contribution is -2.34. The van der Waals surface area contributed by atoms with Crippen LogP contribution in [0.3, 0.4) is 0 Å². The molecule has 2 aromatic heterocycles. The van der Waals surface area contributed by atoms with Crippen LogP contribution in [-0.2, 0) is 13.0 Å². The van der Waals surface area contributed by atoms with Crippen LogP contribution >= 0.6 is 11.3 Å². The Bertz CT molecular complexity index is 903. The lowest BCUT2D eigenvalue weighted by Gasteiger charge is -2.05. The van der Waals surface area contributed by atoms with Gasteiger partial charge in [-0.05, 0) is 30.2 Å². The number of benzene rings is 1. The second-order valence-corrected chi connectivity index (χ2v) is 6.01. The molecule has 1 aromatic carbocycles. The number of aromatic amines is 1. The fraction of sp³-hybridized carbons (Fsp3) is 0.200. The Labute approximate surface area is 124 Å². The number of anilines is 1. The summed E-state index contributed by atoms with van der Waals surface area (Å²) < 4.78 is 1.22. The molecule has 3 N–H and O–H groups in total. The van der Waals surface area contributed by atoms with Crippen molar-refractivity contribution in [2.75, 3.05) is 5.73 Å². The van der Waals surface area contributed by atoms with Gasteiger partial charge in [-0.15, -0.1) is 11.3 Å². The van der Waals surface area contributed by atoms with Crippen LogP contribution in [-0.4, -0.2) is 9.55 Å². The maximum Gasteiger partial charge on any atom is 0.329 e. The third-order valence-corrected chi connectivity index (χ3v) is 4.59. The predicted molar refractivity (Wildman–Crippen MR) is 86.0 cm³/mol. The van der Waals surface area contributed by atoms with Gasteiger partial charge in [0, 0.05) is 10.6 Å². The van der Waals surface area contributed by atoms with Crippen molar-refractivity contribution in [1.82, 2.24) is 9.55 Å². The van der Waals surface area contributed by atoms with E-state index in [4.69, 9.17) is 5.73 Å². The van der Waals surface area contributed by atoms with Crippen molar-refractivity contribution in [1.29, 1.82) is 0 Å². The molecule has 0 aliphatic rings. The molecule has 0 atom stereocenters. The molecular weight excluding hydrogens is 286 g/mol. The van der Waals surface area contributed by atoms with Gasteiger partial charge in [-0.2, -0.15) is 0 Å². The zero-order valence-corrected chi connectivity index (χ0v) is 12.4. The third-order valence-electron chi connectivity index (χ3n) is 3.39. The van der Waals surface area contributed by atoms with Gasteiger partial charge in [0.25, 0.3) is 5.56 Å². The van der Waals surface area contributed by atoms with Crippen LogP contribution < -0.4 is 17.0 Å². The van der Waals surface area contributed by atoms with Crippen molar-refractivity contribution >= 4 is 27.2 Å². The fourth-order valence-electron chi connectivity index (χ4n) is 2.22. The molecule has 108 valence electrons. The maximum absolute atomic E-state index is 12.5. The molecule has 3 rings (SSSR count). The standard InChI is InChI=1S/C15H15N3O2S/c1-2-11-7-12-13(21-11)17-15(20)18(14(12)19)8-9-3-5-10(16)6-4-9/h3-7H,2,8,16H2,1H3,(H,17,20). The molecule has 5 nitrogen and oxygen atoms in total. The number of nitrogens with zero attached hydrogens (tertiary/aromatic N) is 1. The molecule has 6 heteroatoms. The number of aryl methyl sites for hydroxylation is 1. The van der Waals surface area contributed by atoms with Crippen LogP contribution in [0.4, 0.5) is 5.69 Å². The average molecular weight is 301 g/mol. The molecule has 3 aromatic rings. The third kappa shape index (κ3) is 2.50. The molecular formula is C15H15N3O2S. The number of hydrogen-bond acceptors (Lipinski definition) is 4. The van der Waals surface area contributed by atoms with E-state index in [1.165, 1.54) is 15.9 Å². The van der Waals surface area contributed by atoms with Crippen LogP contribution in [0.2, 0.25) is 0 Å². The highest BCUT2D eigenvalue weighted by Crippen LogP contribution is 2.20. The van der Waals surface area contributed by atoms with Gasteiger partial charge >= 0.3 is 5.69 Å². The SMILES string of the molecule is CCc1cc2c(=O)n(Cc3ccc(N)cc3)c(=O)[nH]c2s1. The number of nitrogens with one attached hydrogen (secondary N) is 1. The first-order valence-electron chi connectivity index (χ1n) is 6.68. The Hall–Kier alpha value is -2.34. The second-order valence-electron chi connectivity index (χ2n) is 4.87. The molecule has 0 aliphatic heterocycles. The van der Waals surface area contributed by atoms with Gasteiger partial charge in [-0.25, -0.2) is 4.79 Å². The average Bonchev–Trinajstić information content (AvgIpc) is 2.88. The number of nitrogens with two attached hydrogens (primary N) is 1. The van der Waals surface area contributed by atoms with E-state index in [2.05, 4.69) is 4.98 Å². The van der Waals surface area contributed by atoms with Gasteiger partial charge in [-0.3, -0.25) is 14.3 Å². The van der Waals surface area contributed by atoms with Crippen molar-refractivity contribution < 1.29 is 0 Å². The van der Waals surface area contributed by atoms with E-state index >= 15 is 0 Å². The first-order valence-corrected chi connectivity index (χ1v) is 7.50. The lowest BCUT2D eigenvalue weighted by atomic mass is 10.2. The highest BCUT2D eigenvalue weighted by atomic mass is 32.1. The van der Waals surface area contributed by atoms with Gasteiger partial charge in [0.05, 0.1) is 11.9 Å². The smallest absolute Gasteiger partial charge is 0.329 e. The summed E-state index contributed by atoms with van der Waals surface area (Å²) in [6, 6.07) is 9.00. The summed E-state index contributed by atoms with van der Waals surface area (Å²) in [5, 5.41) is 0.576. The molecule has 0 spiro atoms. The van der Waals surface area contributed by atoms with Crippen molar-refractivity contribution in [3.8, 4) is 0 Å². The molecule has 2 heterocycles. The molecule has 21 heavy (non-hydrogen) atoms. The summed E-state index contributed by atoms with van der Waals surface area (Å²) >= 11 is 1.46. The molecule has 0 radical (unpaired) electrons. The Balaban J connectivity index is 2.11. The monoisotopic (exact) mass is 301 g/mol. The number of rotatable bonds is 3. The van der Waals surface area contributed by atoms with E-state index in [1.54, 1.807) is 12.1 Å². The maximum atomic E-state index is 12.5. The summed E-state index contributed by atoms with van der Waals surface area (Å²) in [7, 11) is 0. The molecule has 0 unspecified atom stereocenters. The second kappa shape index (κ2) is 5.21.